The molecule has 0 aromatic carbocycles. The van der Waals surface area contributed by atoms with E-state index in [1.54, 1.807) is 7.05 Å². The van der Waals surface area contributed by atoms with Gasteiger partial charge in [-0.05, 0) is 19.1 Å². The van der Waals surface area contributed by atoms with E-state index in [1.807, 2.05) is 6.92 Å². The van der Waals surface area contributed by atoms with Crippen molar-refractivity contribution in [1.29, 1.82) is 0 Å². The summed E-state index contributed by atoms with van der Waals surface area (Å²) >= 11 is 4.83. The number of hydrogen-bond donors (Lipinski definition) is 2. The number of hydrazine groups is 1. The van der Waals surface area contributed by atoms with Crippen LogP contribution in [0.15, 0.2) is 0 Å². The summed E-state index contributed by atoms with van der Waals surface area (Å²) in [5.74, 6) is -0.0785. The van der Waals surface area contributed by atoms with Gasteiger partial charge in [-0.3, -0.25) is 15.2 Å². The van der Waals surface area contributed by atoms with Crippen molar-refractivity contribution in [3.05, 3.63) is 0 Å². The van der Waals surface area contributed by atoms with Crippen molar-refractivity contribution in [3.63, 3.8) is 0 Å². The summed E-state index contributed by atoms with van der Waals surface area (Å²) in [5.41, 5.74) is 2.68. The molecule has 0 saturated carbocycles. The molecule has 0 aliphatic heterocycles. The molecule has 5 heteroatoms. The molecule has 0 aliphatic rings. The lowest BCUT2D eigenvalue weighted by atomic mass is 10.7. The molecule has 0 atom stereocenters. The molecule has 0 bridgehead atoms. The van der Waals surface area contributed by atoms with E-state index in [0.717, 1.165) is 6.54 Å². The molecule has 1 amide bonds. The second-order valence-corrected chi connectivity index (χ2v) is 2.46. The molecule has 64 valence electrons. The van der Waals surface area contributed by atoms with Crippen LogP contribution in [0.4, 0.5) is 0 Å². The lowest BCUT2D eigenvalue weighted by molar-refractivity contribution is -0.129. The standard InChI is InChI=1S/C6H13N3OS/c1-4-7-6(11)8-9(3)5(2)10/h4H2,1-3H3,(H2,7,8,11). The summed E-state index contributed by atoms with van der Waals surface area (Å²) in [6.45, 7) is 4.14. The molecule has 0 radical (unpaired) electrons. The number of amides is 1. The van der Waals surface area contributed by atoms with Crippen LogP contribution in [-0.2, 0) is 4.79 Å². The number of hydrogen-bond acceptors (Lipinski definition) is 2. The van der Waals surface area contributed by atoms with Gasteiger partial charge in [0, 0.05) is 20.5 Å². The van der Waals surface area contributed by atoms with E-state index in [0.29, 0.717) is 5.11 Å². The highest BCUT2D eigenvalue weighted by Gasteiger charge is 2.01. The van der Waals surface area contributed by atoms with Gasteiger partial charge in [0.15, 0.2) is 5.11 Å². The number of rotatable bonds is 1. The van der Waals surface area contributed by atoms with Crippen LogP contribution in [-0.4, -0.2) is 29.6 Å². The molecule has 0 unspecified atom stereocenters. The van der Waals surface area contributed by atoms with E-state index in [4.69, 9.17) is 12.2 Å². The lowest BCUT2D eigenvalue weighted by Gasteiger charge is -2.17. The fraction of sp³-hybridized carbons (Fsp3) is 0.667. The zero-order chi connectivity index (χ0) is 8.85. The Hall–Kier alpha value is -0.840. The second-order valence-electron chi connectivity index (χ2n) is 2.05. The van der Waals surface area contributed by atoms with Gasteiger partial charge in [0.25, 0.3) is 0 Å². The van der Waals surface area contributed by atoms with Crippen LogP contribution in [0.2, 0.25) is 0 Å². The first kappa shape index (κ1) is 10.2. The van der Waals surface area contributed by atoms with Gasteiger partial charge in [0.2, 0.25) is 5.91 Å². The van der Waals surface area contributed by atoms with Crippen molar-refractivity contribution < 1.29 is 4.79 Å². The summed E-state index contributed by atoms with van der Waals surface area (Å²) in [7, 11) is 1.62. The fourth-order valence-corrected chi connectivity index (χ4v) is 0.712. The molecular weight excluding hydrogens is 162 g/mol. The summed E-state index contributed by atoms with van der Waals surface area (Å²) in [6.07, 6.45) is 0. The highest BCUT2D eigenvalue weighted by Crippen LogP contribution is 1.76. The monoisotopic (exact) mass is 175 g/mol. The molecule has 0 aromatic rings. The first-order valence-electron chi connectivity index (χ1n) is 3.36. The Morgan fingerprint density at radius 3 is 2.55 bits per heavy atom. The number of carbonyl (C=O) groups excluding carboxylic acids is 1. The average Bonchev–Trinajstić information content (AvgIpc) is 1.87. The maximum absolute atomic E-state index is 10.7. The average molecular weight is 175 g/mol. The second kappa shape index (κ2) is 4.90. The van der Waals surface area contributed by atoms with E-state index < -0.39 is 0 Å². The first-order valence-corrected chi connectivity index (χ1v) is 3.77. The molecule has 0 aliphatic carbocycles. The van der Waals surface area contributed by atoms with Crippen LogP contribution in [0, 0.1) is 0 Å². The highest BCUT2D eigenvalue weighted by molar-refractivity contribution is 7.80. The molecule has 4 nitrogen and oxygen atoms in total. The smallest absolute Gasteiger partial charge is 0.237 e. The number of thiocarbonyl (C=S) groups is 1. The Bertz CT molecular complexity index is 160. The van der Waals surface area contributed by atoms with Crippen LogP contribution in [0.1, 0.15) is 13.8 Å². The van der Waals surface area contributed by atoms with Gasteiger partial charge in [-0.15, -0.1) is 0 Å². The number of nitrogens with zero attached hydrogens (tertiary/aromatic N) is 1. The molecule has 11 heavy (non-hydrogen) atoms. The van der Waals surface area contributed by atoms with Gasteiger partial charge in [0.05, 0.1) is 0 Å². The van der Waals surface area contributed by atoms with Gasteiger partial charge in [-0.25, -0.2) is 0 Å². The van der Waals surface area contributed by atoms with Gasteiger partial charge < -0.3 is 5.32 Å². The molecule has 0 fully saturated rings. The zero-order valence-corrected chi connectivity index (χ0v) is 7.79. The van der Waals surface area contributed by atoms with Crippen molar-refractivity contribution in [1.82, 2.24) is 15.8 Å². The Labute approximate surface area is 71.9 Å². The van der Waals surface area contributed by atoms with Crippen molar-refractivity contribution in [2.75, 3.05) is 13.6 Å². The maximum atomic E-state index is 10.7. The van der Waals surface area contributed by atoms with Gasteiger partial charge in [-0.1, -0.05) is 0 Å². The Balaban J connectivity index is 3.66. The minimum atomic E-state index is -0.0785. The first-order chi connectivity index (χ1) is 5.07. The summed E-state index contributed by atoms with van der Waals surface area (Å²) in [4.78, 5) is 10.7. The third-order valence-electron chi connectivity index (χ3n) is 1.08. The van der Waals surface area contributed by atoms with Crippen LogP contribution >= 0.6 is 12.2 Å². The molecule has 0 aromatic heterocycles. The summed E-state index contributed by atoms with van der Waals surface area (Å²) in [5, 5.41) is 4.65. The Morgan fingerprint density at radius 2 is 2.18 bits per heavy atom. The van der Waals surface area contributed by atoms with Crippen molar-refractivity contribution in [2.24, 2.45) is 0 Å². The minimum absolute atomic E-state index is 0.0785. The quantitative estimate of drug-likeness (QED) is 0.430. The molecule has 0 saturated heterocycles. The van der Waals surface area contributed by atoms with E-state index in [2.05, 4.69) is 10.7 Å². The maximum Gasteiger partial charge on any atom is 0.237 e. The van der Waals surface area contributed by atoms with E-state index in [-0.39, 0.29) is 5.91 Å². The Morgan fingerprint density at radius 1 is 1.64 bits per heavy atom. The number of nitrogens with one attached hydrogen (secondary N) is 2. The van der Waals surface area contributed by atoms with Crippen LogP contribution in [0.5, 0.6) is 0 Å². The van der Waals surface area contributed by atoms with Crippen molar-refractivity contribution in [2.45, 2.75) is 13.8 Å². The van der Waals surface area contributed by atoms with Gasteiger partial charge >= 0.3 is 0 Å². The molecule has 0 spiro atoms. The molecule has 0 heterocycles. The molecular formula is C6H13N3OS. The van der Waals surface area contributed by atoms with Crippen molar-refractivity contribution in [3.8, 4) is 0 Å². The lowest BCUT2D eigenvalue weighted by Crippen LogP contribution is -2.46. The van der Waals surface area contributed by atoms with Crippen molar-refractivity contribution >= 4 is 23.2 Å². The summed E-state index contributed by atoms with van der Waals surface area (Å²) < 4.78 is 0. The van der Waals surface area contributed by atoms with Crippen LogP contribution in [0.25, 0.3) is 0 Å². The molecule has 0 rings (SSSR count). The van der Waals surface area contributed by atoms with Gasteiger partial charge in [-0.2, -0.15) is 0 Å². The van der Waals surface area contributed by atoms with E-state index in [1.165, 1.54) is 11.9 Å². The normalized spacial score (nSPS) is 8.64. The minimum Gasteiger partial charge on any atom is -0.362 e. The largest absolute Gasteiger partial charge is 0.362 e. The Kier molecular flexibility index (Phi) is 4.52. The zero-order valence-electron chi connectivity index (χ0n) is 6.97. The van der Waals surface area contributed by atoms with Gasteiger partial charge in [0.1, 0.15) is 0 Å². The fourth-order valence-electron chi connectivity index (χ4n) is 0.431. The predicted octanol–water partition coefficient (Wildman–Crippen LogP) is -0.136. The third-order valence-corrected chi connectivity index (χ3v) is 1.31. The predicted molar refractivity (Wildman–Crippen MR) is 47.9 cm³/mol. The SMILES string of the molecule is CCNC(=S)NN(C)C(C)=O. The third kappa shape index (κ3) is 4.55. The highest BCUT2D eigenvalue weighted by atomic mass is 32.1. The molecule has 2 N–H and O–H groups in total. The number of carbonyl (C=O) groups is 1. The van der Waals surface area contributed by atoms with Crippen LogP contribution in [0.3, 0.4) is 0 Å². The summed E-state index contributed by atoms with van der Waals surface area (Å²) in [6, 6.07) is 0. The topological polar surface area (TPSA) is 44.4 Å². The van der Waals surface area contributed by atoms with E-state index >= 15 is 0 Å². The van der Waals surface area contributed by atoms with Crippen LogP contribution < -0.4 is 10.7 Å². The van der Waals surface area contributed by atoms with E-state index in [9.17, 15) is 4.79 Å².